The minimum atomic E-state index is -0.657. The van der Waals surface area contributed by atoms with E-state index >= 15 is 0 Å². The Balaban J connectivity index is 2.57. The van der Waals surface area contributed by atoms with Crippen LogP contribution in [0.1, 0.15) is 13.8 Å². The highest BCUT2D eigenvalue weighted by Crippen LogP contribution is 2.27. The molecule has 0 aliphatic carbocycles. The highest BCUT2D eigenvalue weighted by Gasteiger charge is 2.16. The summed E-state index contributed by atoms with van der Waals surface area (Å²) in [5.74, 6) is 0.231. The van der Waals surface area contributed by atoms with Crippen molar-refractivity contribution in [3.05, 3.63) is 37.1 Å². The summed E-state index contributed by atoms with van der Waals surface area (Å²) in [5.41, 5.74) is -0.672. The molecule has 2 rings (SSSR count). The van der Waals surface area contributed by atoms with Gasteiger partial charge in [0.2, 0.25) is 0 Å². The van der Waals surface area contributed by atoms with Gasteiger partial charge >= 0.3 is 11.7 Å². The maximum atomic E-state index is 11.9. The lowest BCUT2D eigenvalue weighted by Gasteiger charge is -2.06. The molecule has 8 heteroatoms. The molecule has 0 atom stereocenters. The lowest BCUT2D eigenvalue weighted by Crippen LogP contribution is -2.10. The van der Waals surface area contributed by atoms with Crippen molar-refractivity contribution in [3.63, 3.8) is 0 Å². The highest BCUT2D eigenvalue weighted by molar-refractivity contribution is 9.10. The van der Waals surface area contributed by atoms with Crippen molar-refractivity contribution in [2.75, 3.05) is 6.61 Å². The van der Waals surface area contributed by atoms with Gasteiger partial charge in [-0.3, -0.25) is 10.1 Å². The van der Waals surface area contributed by atoms with Crippen molar-refractivity contribution in [2.45, 2.75) is 13.8 Å². The van der Waals surface area contributed by atoms with Crippen molar-refractivity contribution in [2.24, 2.45) is 5.92 Å². The number of non-ortho nitro benzene ring substituents is 1. The minimum absolute atomic E-state index is 0.146. The van der Waals surface area contributed by atoms with Gasteiger partial charge in [-0.2, -0.15) is 4.98 Å². The third kappa shape index (κ3) is 2.96. The van der Waals surface area contributed by atoms with E-state index in [2.05, 4.69) is 20.9 Å². The summed E-state index contributed by atoms with van der Waals surface area (Å²) in [6, 6.07) is 2.44. The number of nitro groups is 1. The predicted molar refractivity (Wildman–Crippen MR) is 75.0 cm³/mol. The Labute approximate surface area is 121 Å². The first-order valence-electron chi connectivity index (χ1n) is 5.80. The van der Waals surface area contributed by atoms with Crippen molar-refractivity contribution in [1.82, 2.24) is 4.98 Å². The number of nitrogens with zero attached hydrogens (tertiary/aromatic N) is 2. The molecule has 0 aliphatic heterocycles. The predicted octanol–water partition coefficient (Wildman–Crippen LogP) is 2.89. The Bertz CT molecular complexity index is 726. The molecule has 7 nitrogen and oxygen atoms in total. The van der Waals surface area contributed by atoms with Gasteiger partial charge in [-0.25, -0.2) is 4.79 Å². The monoisotopic (exact) mass is 342 g/mol. The fourth-order valence-electron chi connectivity index (χ4n) is 1.53. The minimum Gasteiger partial charge on any atom is -0.450 e. The quantitative estimate of drug-likeness (QED) is 0.626. The van der Waals surface area contributed by atoms with E-state index in [0.29, 0.717) is 6.61 Å². The summed E-state index contributed by atoms with van der Waals surface area (Å²) >= 11 is 3.11. The molecule has 0 unspecified atom stereocenters. The topological polar surface area (TPSA) is 95.5 Å². The molecule has 20 heavy (non-hydrogen) atoms. The molecule has 1 heterocycles. The number of nitro benzene ring substituents is 1. The lowest BCUT2D eigenvalue weighted by molar-refractivity contribution is -0.384. The first-order chi connectivity index (χ1) is 9.38. The van der Waals surface area contributed by atoms with Gasteiger partial charge in [-0.15, -0.1) is 0 Å². The van der Waals surface area contributed by atoms with Crippen LogP contribution in [-0.2, 0) is 0 Å². The normalized spacial score (nSPS) is 11.0. The molecule has 0 amide bonds. The molecule has 0 fully saturated rings. The fourth-order valence-corrected chi connectivity index (χ4v) is 2.12. The van der Waals surface area contributed by atoms with Gasteiger partial charge in [-0.1, -0.05) is 13.8 Å². The molecule has 106 valence electrons. The Morgan fingerprint density at radius 2 is 2.20 bits per heavy atom. The third-order valence-electron chi connectivity index (χ3n) is 2.40. The zero-order valence-electron chi connectivity index (χ0n) is 10.8. The standard InChI is InChI=1S/C12H11BrN2O5/c1-6(2)5-19-12-14-9-4-7(15(17)18)3-8(13)10(9)11(16)20-12/h3-4,6H,5H2,1-2H3. The summed E-state index contributed by atoms with van der Waals surface area (Å²) in [6.45, 7) is 4.19. The van der Waals surface area contributed by atoms with E-state index in [1.165, 1.54) is 12.1 Å². The number of ether oxygens (including phenoxy) is 1. The summed E-state index contributed by atoms with van der Waals surface area (Å²) < 4.78 is 10.4. The van der Waals surface area contributed by atoms with Crippen LogP contribution >= 0.6 is 15.9 Å². The number of rotatable bonds is 4. The average molecular weight is 343 g/mol. The van der Waals surface area contributed by atoms with Crippen LogP contribution in [0.15, 0.2) is 25.8 Å². The molecule has 0 saturated carbocycles. The van der Waals surface area contributed by atoms with Crippen LogP contribution in [0, 0.1) is 16.0 Å². The highest BCUT2D eigenvalue weighted by atomic mass is 79.9. The van der Waals surface area contributed by atoms with Gasteiger partial charge in [0.05, 0.1) is 17.0 Å². The molecule has 1 aromatic heterocycles. The summed E-state index contributed by atoms with van der Waals surface area (Å²) in [7, 11) is 0. The van der Waals surface area contributed by atoms with Crippen LogP contribution in [0.2, 0.25) is 0 Å². The van der Waals surface area contributed by atoms with Gasteiger partial charge in [0.25, 0.3) is 5.69 Å². The van der Waals surface area contributed by atoms with E-state index in [0.717, 1.165) is 0 Å². The second-order valence-electron chi connectivity index (χ2n) is 4.55. The Morgan fingerprint density at radius 1 is 1.50 bits per heavy atom. The maximum Gasteiger partial charge on any atom is 0.397 e. The van der Waals surface area contributed by atoms with E-state index in [1.54, 1.807) is 0 Å². The van der Waals surface area contributed by atoms with Crippen LogP contribution in [0.4, 0.5) is 5.69 Å². The number of benzene rings is 1. The van der Waals surface area contributed by atoms with Gasteiger partial charge in [0.1, 0.15) is 5.39 Å². The van der Waals surface area contributed by atoms with Crippen LogP contribution in [-0.4, -0.2) is 16.5 Å². The van der Waals surface area contributed by atoms with E-state index in [4.69, 9.17) is 9.15 Å². The van der Waals surface area contributed by atoms with Gasteiger partial charge < -0.3 is 9.15 Å². The summed E-state index contributed by atoms with van der Waals surface area (Å²) in [5, 5.41) is 11.0. The molecule has 0 saturated heterocycles. The fraction of sp³-hybridized carbons (Fsp3) is 0.333. The smallest absolute Gasteiger partial charge is 0.397 e. The lowest BCUT2D eigenvalue weighted by atomic mass is 10.2. The van der Waals surface area contributed by atoms with Crippen molar-refractivity contribution < 1.29 is 14.1 Å². The number of hydrogen-bond donors (Lipinski definition) is 0. The Kier molecular flexibility index (Phi) is 4.03. The summed E-state index contributed by atoms with van der Waals surface area (Å²) in [4.78, 5) is 26.1. The van der Waals surface area contributed by atoms with Crippen LogP contribution in [0.3, 0.4) is 0 Å². The van der Waals surface area contributed by atoms with E-state index < -0.39 is 10.5 Å². The van der Waals surface area contributed by atoms with E-state index in [1.807, 2.05) is 13.8 Å². The molecule has 2 aromatic rings. The number of fused-ring (bicyclic) bond motifs is 1. The first-order valence-corrected chi connectivity index (χ1v) is 6.59. The SMILES string of the molecule is CC(C)COc1nc2cc([N+](=O)[O-])cc(Br)c2c(=O)o1. The number of hydrogen-bond acceptors (Lipinski definition) is 6. The molecule has 0 aliphatic rings. The molecular weight excluding hydrogens is 332 g/mol. The second kappa shape index (κ2) is 5.58. The zero-order chi connectivity index (χ0) is 14.9. The van der Waals surface area contributed by atoms with Crippen molar-refractivity contribution >= 4 is 32.5 Å². The average Bonchev–Trinajstić information content (AvgIpc) is 2.35. The van der Waals surface area contributed by atoms with Gasteiger partial charge in [0, 0.05) is 16.6 Å². The second-order valence-corrected chi connectivity index (χ2v) is 5.41. The molecule has 0 spiro atoms. The van der Waals surface area contributed by atoms with Crippen LogP contribution in [0.5, 0.6) is 6.08 Å². The molecule has 0 radical (unpaired) electrons. The van der Waals surface area contributed by atoms with Gasteiger partial charge in [0.15, 0.2) is 0 Å². The van der Waals surface area contributed by atoms with E-state index in [9.17, 15) is 14.9 Å². The molecule has 0 bridgehead atoms. The third-order valence-corrected chi connectivity index (χ3v) is 3.03. The Hall–Kier alpha value is -1.96. The molecule has 1 aromatic carbocycles. The molecular formula is C12H11BrN2O5. The van der Waals surface area contributed by atoms with Crippen molar-refractivity contribution in [1.29, 1.82) is 0 Å². The number of aromatic nitrogens is 1. The largest absolute Gasteiger partial charge is 0.450 e. The van der Waals surface area contributed by atoms with Gasteiger partial charge in [-0.05, 0) is 21.8 Å². The van der Waals surface area contributed by atoms with Crippen LogP contribution < -0.4 is 10.4 Å². The maximum absolute atomic E-state index is 11.9. The first kappa shape index (κ1) is 14.4. The Morgan fingerprint density at radius 3 is 2.80 bits per heavy atom. The van der Waals surface area contributed by atoms with Crippen LogP contribution in [0.25, 0.3) is 10.9 Å². The number of halogens is 1. The van der Waals surface area contributed by atoms with E-state index in [-0.39, 0.29) is 33.1 Å². The van der Waals surface area contributed by atoms with Crippen molar-refractivity contribution in [3.8, 4) is 6.08 Å². The zero-order valence-corrected chi connectivity index (χ0v) is 12.3. The molecule has 0 N–H and O–H groups in total. The summed E-state index contributed by atoms with van der Waals surface area (Å²) in [6.07, 6.45) is -0.191.